The Kier molecular flexibility index (Phi) is 7.40. The van der Waals surface area contributed by atoms with Gasteiger partial charge in [-0.1, -0.05) is 44.2 Å². The van der Waals surface area contributed by atoms with Gasteiger partial charge < -0.3 is 19.2 Å². The third kappa shape index (κ3) is 6.13. The molecule has 1 amide bonds. The normalized spacial score (nSPS) is 13.1. The summed E-state index contributed by atoms with van der Waals surface area (Å²) in [6, 6.07) is 8.98. The van der Waals surface area contributed by atoms with Gasteiger partial charge in [-0.3, -0.25) is 4.79 Å². The summed E-state index contributed by atoms with van der Waals surface area (Å²) in [7, 11) is 1.32. The second-order valence-corrected chi connectivity index (χ2v) is 6.73. The number of hydrogen-bond acceptors (Lipinski definition) is 6. The van der Waals surface area contributed by atoms with Gasteiger partial charge in [0.2, 0.25) is 5.89 Å². The van der Waals surface area contributed by atoms with Gasteiger partial charge in [-0.2, -0.15) is 0 Å². The Morgan fingerprint density at radius 1 is 1.19 bits per heavy atom. The van der Waals surface area contributed by atoms with Crippen molar-refractivity contribution in [2.45, 2.75) is 45.8 Å². The van der Waals surface area contributed by atoms with Gasteiger partial charge in [-0.05, 0) is 24.8 Å². The van der Waals surface area contributed by atoms with Gasteiger partial charge in [0.05, 0.1) is 13.3 Å². The SMILES string of the molecule is COC(=O)C(C)c1cnc(C(CC(C)C)NC(=O)OCc2ccccc2)o1. The molecule has 0 saturated carbocycles. The number of aromatic nitrogens is 1. The van der Waals surface area contributed by atoms with Crippen molar-refractivity contribution in [1.82, 2.24) is 10.3 Å². The van der Waals surface area contributed by atoms with Crippen molar-refractivity contribution in [1.29, 1.82) is 0 Å². The summed E-state index contributed by atoms with van der Waals surface area (Å²) in [5.74, 6) is 0.0447. The van der Waals surface area contributed by atoms with Gasteiger partial charge in [0.1, 0.15) is 24.3 Å². The number of oxazole rings is 1. The minimum absolute atomic E-state index is 0.178. The first-order valence-electron chi connectivity index (χ1n) is 8.91. The second kappa shape index (κ2) is 9.75. The van der Waals surface area contributed by atoms with E-state index in [4.69, 9.17) is 13.9 Å². The summed E-state index contributed by atoms with van der Waals surface area (Å²) in [5, 5.41) is 2.80. The third-order valence-electron chi connectivity index (χ3n) is 4.03. The molecule has 2 atom stereocenters. The molecule has 1 N–H and O–H groups in total. The van der Waals surface area contributed by atoms with Crippen molar-refractivity contribution in [2.75, 3.05) is 7.11 Å². The smallest absolute Gasteiger partial charge is 0.408 e. The van der Waals surface area contributed by atoms with Gasteiger partial charge in [-0.25, -0.2) is 9.78 Å². The lowest BCUT2D eigenvalue weighted by atomic mass is 10.0. The summed E-state index contributed by atoms with van der Waals surface area (Å²) in [5.41, 5.74) is 0.901. The van der Waals surface area contributed by atoms with Crippen molar-refractivity contribution < 1.29 is 23.5 Å². The minimum atomic E-state index is -0.569. The lowest BCUT2D eigenvalue weighted by Gasteiger charge is -2.17. The van der Waals surface area contributed by atoms with E-state index in [2.05, 4.69) is 10.3 Å². The molecule has 0 aliphatic heterocycles. The first-order valence-corrected chi connectivity index (χ1v) is 8.91. The predicted molar refractivity (Wildman–Crippen MR) is 98.9 cm³/mol. The van der Waals surface area contributed by atoms with Gasteiger partial charge in [0.15, 0.2) is 0 Å². The maximum atomic E-state index is 12.2. The number of benzene rings is 1. The molecule has 0 aliphatic carbocycles. The van der Waals surface area contributed by atoms with Crippen LogP contribution < -0.4 is 5.32 Å². The molecule has 1 heterocycles. The van der Waals surface area contributed by atoms with Gasteiger partial charge in [-0.15, -0.1) is 0 Å². The van der Waals surface area contributed by atoms with E-state index in [1.54, 1.807) is 6.92 Å². The van der Waals surface area contributed by atoms with Gasteiger partial charge in [0.25, 0.3) is 0 Å². The zero-order valence-corrected chi connectivity index (χ0v) is 16.1. The van der Waals surface area contributed by atoms with Crippen LogP contribution in [0.25, 0.3) is 0 Å². The zero-order valence-electron chi connectivity index (χ0n) is 16.1. The number of esters is 1. The van der Waals surface area contributed by atoms with Gasteiger partial charge in [0, 0.05) is 0 Å². The lowest BCUT2D eigenvalue weighted by molar-refractivity contribution is -0.142. The highest BCUT2D eigenvalue weighted by molar-refractivity contribution is 5.76. The molecule has 7 heteroatoms. The summed E-state index contributed by atoms with van der Waals surface area (Å²) in [6.45, 7) is 5.92. The molecule has 1 aromatic carbocycles. The van der Waals surface area contributed by atoms with Crippen LogP contribution >= 0.6 is 0 Å². The largest absolute Gasteiger partial charge is 0.468 e. The number of rotatable bonds is 8. The number of nitrogens with one attached hydrogen (secondary N) is 1. The summed E-state index contributed by atoms with van der Waals surface area (Å²) in [4.78, 5) is 28.1. The van der Waals surface area contributed by atoms with Crippen LogP contribution in [0, 0.1) is 5.92 Å². The molecule has 0 spiro atoms. The fraction of sp³-hybridized carbons (Fsp3) is 0.450. The Bertz CT molecular complexity index is 742. The van der Waals surface area contributed by atoms with Gasteiger partial charge >= 0.3 is 12.1 Å². The predicted octanol–water partition coefficient (Wildman–Crippen LogP) is 3.96. The van der Waals surface area contributed by atoms with Crippen LogP contribution in [0.4, 0.5) is 4.79 Å². The fourth-order valence-corrected chi connectivity index (χ4v) is 2.55. The van der Waals surface area contributed by atoms with Crippen LogP contribution in [-0.2, 0) is 20.9 Å². The van der Waals surface area contributed by atoms with E-state index in [0.29, 0.717) is 18.1 Å². The van der Waals surface area contributed by atoms with Crippen LogP contribution in [-0.4, -0.2) is 24.2 Å². The highest BCUT2D eigenvalue weighted by atomic mass is 16.5. The van der Waals surface area contributed by atoms with E-state index in [1.165, 1.54) is 13.3 Å². The van der Waals surface area contributed by atoms with Crippen molar-refractivity contribution in [3.05, 3.63) is 53.7 Å². The molecule has 0 bridgehead atoms. The third-order valence-corrected chi connectivity index (χ3v) is 4.03. The number of carbonyl (C=O) groups excluding carboxylic acids is 2. The monoisotopic (exact) mass is 374 g/mol. The summed E-state index contributed by atoms with van der Waals surface area (Å²) >= 11 is 0. The highest BCUT2D eigenvalue weighted by Gasteiger charge is 2.25. The number of ether oxygens (including phenoxy) is 2. The maximum absolute atomic E-state index is 12.2. The van der Waals surface area contributed by atoms with Crippen LogP contribution in [0.5, 0.6) is 0 Å². The van der Waals surface area contributed by atoms with E-state index < -0.39 is 24.0 Å². The van der Waals surface area contributed by atoms with Crippen LogP contribution in [0.15, 0.2) is 40.9 Å². The summed E-state index contributed by atoms with van der Waals surface area (Å²) in [6.07, 6.45) is 1.55. The Hall–Kier alpha value is -2.83. The van der Waals surface area contributed by atoms with E-state index in [0.717, 1.165) is 5.56 Å². The maximum Gasteiger partial charge on any atom is 0.408 e. The molecule has 2 rings (SSSR count). The minimum Gasteiger partial charge on any atom is -0.468 e. The molecular weight excluding hydrogens is 348 g/mol. The average Bonchev–Trinajstić information content (AvgIpc) is 3.15. The molecule has 0 saturated heterocycles. The van der Waals surface area contributed by atoms with E-state index in [-0.39, 0.29) is 12.5 Å². The molecule has 0 fully saturated rings. The first kappa shape index (κ1) is 20.5. The first-order chi connectivity index (χ1) is 12.9. The number of alkyl carbamates (subject to hydrolysis) is 1. The Balaban J connectivity index is 2.03. The van der Waals surface area contributed by atoms with E-state index in [1.807, 2.05) is 44.2 Å². The molecule has 0 radical (unpaired) electrons. The average molecular weight is 374 g/mol. The molecule has 146 valence electrons. The highest BCUT2D eigenvalue weighted by Crippen LogP contribution is 2.25. The van der Waals surface area contributed by atoms with Crippen molar-refractivity contribution in [3.63, 3.8) is 0 Å². The van der Waals surface area contributed by atoms with Crippen molar-refractivity contribution in [2.24, 2.45) is 5.92 Å². The standard InChI is InChI=1S/C20H26N2O5/c1-13(2)10-16(18-21-11-17(27-18)14(3)19(23)25-4)22-20(24)26-12-15-8-6-5-7-9-15/h5-9,11,13-14,16H,10,12H2,1-4H3,(H,22,24). The molecule has 0 aliphatic rings. The summed E-state index contributed by atoms with van der Waals surface area (Å²) < 4.78 is 15.7. The molecule has 27 heavy (non-hydrogen) atoms. The molecule has 2 unspecified atom stereocenters. The van der Waals surface area contributed by atoms with Crippen molar-refractivity contribution >= 4 is 12.1 Å². The van der Waals surface area contributed by atoms with E-state index >= 15 is 0 Å². The fourth-order valence-electron chi connectivity index (χ4n) is 2.55. The Morgan fingerprint density at radius 3 is 2.52 bits per heavy atom. The topological polar surface area (TPSA) is 90.7 Å². The molecule has 2 aromatic rings. The number of nitrogens with zero attached hydrogens (tertiary/aromatic N) is 1. The molecular formula is C20H26N2O5. The molecule has 1 aromatic heterocycles. The number of amides is 1. The number of carbonyl (C=O) groups is 2. The number of hydrogen-bond donors (Lipinski definition) is 1. The zero-order chi connectivity index (χ0) is 19.8. The van der Waals surface area contributed by atoms with Crippen molar-refractivity contribution in [3.8, 4) is 0 Å². The molecule has 7 nitrogen and oxygen atoms in total. The quantitative estimate of drug-likeness (QED) is 0.703. The van der Waals surface area contributed by atoms with Crippen LogP contribution in [0.2, 0.25) is 0 Å². The number of methoxy groups -OCH3 is 1. The lowest BCUT2D eigenvalue weighted by Crippen LogP contribution is -2.30. The van der Waals surface area contributed by atoms with Crippen LogP contribution in [0.3, 0.4) is 0 Å². The Morgan fingerprint density at radius 2 is 1.89 bits per heavy atom. The van der Waals surface area contributed by atoms with E-state index in [9.17, 15) is 9.59 Å². The Labute approximate surface area is 159 Å². The second-order valence-electron chi connectivity index (χ2n) is 6.73. The van der Waals surface area contributed by atoms with Crippen LogP contribution in [0.1, 0.15) is 56.4 Å².